The molecule has 0 aliphatic carbocycles. The zero-order valence-corrected chi connectivity index (χ0v) is 16.0. The van der Waals surface area contributed by atoms with Crippen LogP contribution in [0.3, 0.4) is 0 Å². The van der Waals surface area contributed by atoms with Gasteiger partial charge in [0.2, 0.25) is 0 Å². The predicted molar refractivity (Wildman–Crippen MR) is 97.9 cm³/mol. The topological polar surface area (TPSA) is 44.5 Å². The fourth-order valence-electron chi connectivity index (χ4n) is 2.81. The molecular formula is C20H35NO2. The van der Waals surface area contributed by atoms with Gasteiger partial charge in [-0.05, 0) is 43.4 Å². The molecule has 2 unspecified atom stereocenters. The van der Waals surface area contributed by atoms with Crippen LogP contribution in [0.1, 0.15) is 72.3 Å². The fraction of sp³-hybridized carbons (Fsp3) is 0.700. The van der Waals surface area contributed by atoms with Gasteiger partial charge in [0.1, 0.15) is 5.75 Å². The summed E-state index contributed by atoms with van der Waals surface area (Å²) in [6, 6.07) is 8.33. The second-order valence-electron chi connectivity index (χ2n) is 8.28. The van der Waals surface area contributed by atoms with Gasteiger partial charge in [0.25, 0.3) is 0 Å². The lowest BCUT2D eigenvalue weighted by atomic mass is 9.73. The molecule has 0 saturated heterocycles. The SMILES string of the molecule is CCCC(OC)Oc1ccc(C(CC(C)(C)C)C(C)(C)N)cc1. The molecule has 1 aromatic carbocycles. The van der Waals surface area contributed by atoms with Gasteiger partial charge in [-0.3, -0.25) is 0 Å². The Bertz CT molecular complexity index is 454. The molecule has 2 atom stereocenters. The summed E-state index contributed by atoms with van der Waals surface area (Å²) in [4.78, 5) is 0. The van der Waals surface area contributed by atoms with E-state index in [0.29, 0.717) is 5.92 Å². The number of rotatable bonds is 8. The summed E-state index contributed by atoms with van der Waals surface area (Å²) in [7, 11) is 1.69. The van der Waals surface area contributed by atoms with Crippen LogP contribution in [0, 0.1) is 5.41 Å². The van der Waals surface area contributed by atoms with E-state index in [1.165, 1.54) is 5.56 Å². The zero-order chi connectivity index (χ0) is 17.7. The summed E-state index contributed by atoms with van der Waals surface area (Å²) in [5, 5.41) is 0. The normalized spacial score (nSPS) is 15.3. The van der Waals surface area contributed by atoms with Crippen molar-refractivity contribution in [3.8, 4) is 5.75 Å². The Labute approximate surface area is 142 Å². The van der Waals surface area contributed by atoms with Crippen molar-refractivity contribution in [2.45, 2.75) is 78.6 Å². The van der Waals surface area contributed by atoms with Crippen LogP contribution in [0.15, 0.2) is 24.3 Å². The maximum absolute atomic E-state index is 6.45. The van der Waals surface area contributed by atoms with Crippen LogP contribution >= 0.6 is 0 Å². The molecule has 3 nitrogen and oxygen atoms in total. The lowest BCUT2D eigenvalue weighted by Gasteiger charge is -2.36. The van der Waals surface area contributed by atoms with Gasteiger partial charge in [-0.25, -0.2) is 0 Å². The Hall–Kier alpha value is -1.06. The maximum Gasteiger partial charge on any atom is 0.199 e. The summed E-state index contributed by atoms with van der Waals surface area (Å²) >= 11 is 0. The highest BCUT2D eigenvalue weighted by atomic mass is 16.7. The minimum atomic E-state index is -0.257. The van der Waals surface area contributed by atoms with E-state index < -0.39 is 0 Å². The van der Waals surface area contributed by atoms with E-state index in [4.69, 9.17) is 15.2 Å². The number of benzene rings is 1. The number of nitrogens with two attached hydrogens (primary N) is 1. The summed E-state index contributed by atoms with van der Waals surface area (Å²) in [6.45, 7) is 13.1. The van der Waals surface area contributed by atoms with Crippen molar-refractivity contribution in [2.75, 3.05) is 7.11 Å². The minimum absolute atomic E-state index is 0.179. The van der Waals surface area contributed by atoms with Crippen LogP contribution < -0.4 is 10.5 Å². The van der Waals surface area contributed by atoms with Crippen molar-refractivity contribution >= 4 is 0 Å². The molecule has 0 bridgehead atoms. The molecule has 0 aliphatic heterocycles. The monoisotopic (exact) mass is 321 g/mol. The van der Waals surface area contributed by atoms with Crippen molar-refractivity contribution < 1.29 is 9.47 Å². The molecule has 132 valence electrons. The molecule has 0 radical (unpaired) electrons. The van der Waals surface area contributed by atoms with Crippen molar-refractivity contribution in [1.29, 1.82) is 0 Å². The Kier molecular flexibility index (Phi) is 7.09. The van der Waals surface area contributed by atoms with E-state index in [2.05, 4.69) is 53.7 Å². The Balaban J connectivity index is 2.91. The van der Waals surface area contributed by atoms with Gasteiger partial charge in [-0.1, -0.05) is 46.2 Å². The van der Waals surface area contributed by atoms with Gasteiger partial charge >= 0.3 is 0 Å². The second kappa shape index (κ2) is 8.16. The summed E-state index contributed by atoms with van der Waals surface area (Å²) in [6.07, 6.45) is 2.79. The Morgan fingerprint density at radius 3 is 2.00 bits per heavy atom. The van der Waals surface area contributed by atoms with Crippen molar-refractivity contribution in [3.63, 3.8) is 0 Å². The van der Waals surface area contributed by atoms with Gasteiger partial charge < -0.3 is 15.2 Å². The third-order valence-electron chi connectivity index (χ3n) is 4.05. The van der Waals surface area contributed by atoms with E-state index in [0.717, 1.165) is 25.0 Å². The van der Waals surface area contributed by atoms with Crippen LogP contribution in [-0.4, -0.2) is 18.9 Å². The minimum Gasteiger partial charge on any atom is -0.465 e. The first-order chi connectivity index (χ1) is 10.6. The number of ether oxygens (including phenoxy) is 2. The summed E-state index contributed by atoms with van der Waals surface area (Å²) in [5.74, 6) is 1.16. The molecule has 0 spiro atoms. The summed E-state index contributed by atoms with van der Waals surface area (Å²) in [5.41, 5.74) is 7.69. The van der Waals surface area contributed by atoms with Crippen molar-refractivity contribution in [3.05, 3.63) is 29.8 Å². The van der Waals surface area contributed by atoms with Crippen LogP contribution in [0.5, 0.6) is 5.75 Å². The van der Waals surface area contributed by atoms with Gasteiger partial charge in [0, 0.05) is 25.0 Å². The van der Waals surface area contributed by atoms with Crippen LogP contribution in [0.4, 0.5) is 0 Å². The van der Waals surface area contributed by atoms with Gasteiger partial charge in [-0.2, -0.15) is 0 Å². The largest absolute Gasteiger partial charge is 0.465 e. The predicted octanol–water partition coefficient (Wildman–Crippen LogP) is 5.10. The summed E-state index contributed by atoms with van der Waals surface area (Å²) < 4.78 is 11.2. The Morgan fingerprint density at radius 1 is 1.04 bits per heavy atom. The molecule has 0 amide bonds. The van der Waals surface area contributed by atoms with E-state index >= 15 is 0 Å². The van der Waals surface area contributed by atoms with Crippen molar-refractivity contribution in [1.82, 2.24) is 0 Å². The quantitative estimate of drug-likeness (QED) is 0.678. The number of methoxy groups -OCH3 is 1. The second-order valence-corrected chi connectivity index (χ2v) is 8.28. The molecule has 3 heteroatoms. The first-order valence-electron chi connectivity index (χ1n) is 8.65. The van der Waals surface area contributed by atoms with Crippen LogP contribution in [0.25, 0.3) is 0 Å². The first kappa shape index (κ1) is 20.0. The molecular weight excluding hydrogens is 286 g/mol. The molecule has 23 heavy (non-hydrogen) atoms. The third kappa shape index (κ3) is 6.92. The molecule has 1 rings (SSSR count). The molecule has 0 aliphatic rings. The van der Waals surface area contributed by atoms with E-state index in [9.17, 15) is 0 Å². The number of hydrogen-bond donors (Lipinski definition) is 1. The molecule has 1 aromatic rings. The lowest BCUT2D eigenvalue weighted by molar-refractivity contribution is -0.0584. The average molecular weight is 322 g/mol. The highest BCUT2D eigenvalue weighted by molar-refractivity contribution is 5.31. The number of hydrogen-bond acceptors (Lipinski definition) is 3. The van der Waals surface area contributed by atoms with Gasteiger partial charge in [0.15, 0.2) is 6.29 Å². The highest BCUT2D eigenvalue weighted by Crippen LogP contribution is 2.37. The Morgan fingerprint density at radius 2 is 1.61 bits per heavy atom. The maximum atomic E-state index is 6.45. The van der Waals surface area contributed by atoms with Gasteiger partial charge in [-0.15, -0.1) is 0 Å². The molecule has 0 fully saturated rings. The van der Waals surface area contributed by atoms with Gasteiger partial charge in [0.05, 0.1) is 0 Å². The van der Waals surface area contributed by atoms with E-state index in [-0.39, 0.29) is 17.2 Å². The standard InChI is InChI=1S/C20H35NO2/c1-8-9-18(22-7)23-16-12-10-15(11-13-16)17(20(5,6)21)14-19(2,3)4/h10-13,17-18H,8-9,14,21H2,1-7H3. The van der Waals surface area contributed by atoms with Crippen LogP contribution in [-0.2, 0) is 4.74 Å². The van der Waals surface area contributed by atoms with Crippen LogP contribution in [0.2, 0.25) is 0 Å². The fourth-order valence-corrected chi connectivity index (χ4v) is 2.81. The van der Waals surface area contributed by atoms with Crippen molar-refractivity contribution in [2.24, 2.45) is 11.1 Å². The van der Waals surface area contributed by atoms with E-state index in [1.807, 2.05) is 12.1 Å². The molecule has 2 N–H and O–H groups in total. The molecule has 0 aromatic heterocycles. The molecule has 0 saturated carbocycles. The zero-order valence-electron chi connectivity index (χ0n) is 16.0. The molecule has 0 heterocycles. The third-order valence-corrected chi connectivity index (χ3v) is 4.05. The van der Waals surface area contributed by atoms with E-state index in [1.54, 1.807) is 7.11 Å². The lowest BCUT2D eigenvalue weighted by Crippen LogP contribution is -2.41. The smallest absolute Gasteiger partial charge is 0.199 e. The first-order valence-corrected chi connectivity index (χ1v) is 8.65. The highest BCUT2D eigenvalue weighted by Gasteiger charge is 2.30. The average Bonchev–Trinajstić information content (AvgIpc) is 2.43.